The van der Waals surface area contributed by atoms with Crippen molar-refractivity contribution in [3.63, 3.8) is 0 Å². The number of carbonyl (C=O) groups excluding carboxylic acids is 1. The minimum Gasteiger partial charge on any atom is -0.348 e. The first-order chi connectivity index (χ1) is 9.60. The Hall–Kier alpha value is -2.04. The standard InChI is InChI=1S/C15H16ClN3O/c1-10-5-6-14(19-17)13(7-10)15(20)18-9-11-3-2-4-12(16)8-11/h2-8,19H,9,17H2,1H3,(H,18,20). The second-order valence-electron chi connectivity index (χ2n) is 4.51. The number of hydrazine groups is 1. The minimum atomic E-state index is -0.179. The Kier molecular flexibility index (Phi) is 4.61. The van der Waals surface area contributed by atoms with Gasteiger partial charge in [-0.05, 0) is 36.8 Å². The second kappa shape index (κ2) is 6.41. The van der Waals surface area contributed by atoms with Crippen LogP contribution in [-0.2, 0) is 6.54 Å². The van der Waals surface area contributed by atoms with Crippen LogP contribution in [0.2, 0.25) is 5.02 Å². The molecule has 104 valence electrons. The monoisotopic (exact) mass is 289 g/mol. The topological polar surface area (TPSA) is 67.1 Å². The fourth-order valence-corrected chi connectivity index (χ4v) is 2.11. The molecule has 2 aromatic carbocycles. The summed E-state index contributed by atoms with van der Waals surface area (Å²) >= 11 is 5.91. The molecule has 0 bridgehead atoms. The Morgan fingerprint density at radius 2 is 2.05 bits per heavy atom. The lowest BCUT2D eigenvalue weighted by Crippen LogP contribution is -2.25. The molecule has 20 heavy (non-hydrogen) atoms. The maximum Gasteiger partial charge on any atom is 0.253 e. The van der Waals surface area contributed by atoms with Gasteiger partial charge in [0.1, 0.15) is 0 Å². The summed E-state index contributed by atoms with van der Waals surface area (Å²) in [4.78, 5) is 12.2. The van der Waals surface area contributed by atoms with E-state index in [2.05, 4.69) is 10.7 Å². The average Bonchev–Trinajstić information content (AvgIpc) is 2.45. The summed E-state index contributed by atoms with van der Waals surface area (Å²) in [6.07, 6.45) is 0. The molecule has 0 aromatic heterocycles. The Balaban J connectivity index is 2.10. The zero-order chi connectivity index (χ0) is 14.5. The molecule has 4 N–H and O–H groups in total. The summed E-state index contributed by atoms with van der Waals surface area (Å²) in [5.74, 6) is 5.24. The average molecular weight is 290 g/mol. The first-order valence-electron chi connectivity index (χ1n) is 6.20. The fourth-order valence-electron chi connectivity index (χ4n) is 1.90. The van der Waals surface area contributed by atoms with Crippen molar-refractivity contribution in [2.75, 3.05) is 5.43 Å². The van der Waals surface area contributed by atoms with E-state index in [0.717, 1.165) is 11.1 Å². The van der Waals surface area contributed by atoms with Crippen LogP contribution in [0.3, 0.4) is 0 Å². The van der Waals surface area contributed by atoms with Crippen LogP contribution in [0.25, 0.3) is 0 Å². The summed E-state index contributed by atoms with van der Waals surface area (Å²) in [6, 6.07) is 12.8. The zero-order valence-corrected chi connectivity index (χ0v) is 11.9. The van der Waals surface area contributed by atoms with E-state index in [1.807, 2.05) is 31.2 Å². The molecule has 0 radical (unpaired) electrons. The second-order valence-corrected chi connectivity index (χ2v) is 4.94. The van der Waals surface area contributed by atoms with Crippen molar-refractivity contribution in [2.45, 2.75) is 13.5 Å². The summed E-state index contributed by atoms with van der Waals surface area (Å²) in [6.45, 7) is 2.34. The summed E-state index contributed by atoms with van der Waals surface area (Å²) in [5.41, 5.74) is 5.59. The quantitative estimate of drug-likeness (QED) is 0.599. The van der Waals surface area contributed by atoms with Crippen LogP contribution in [0.4, 0.5) is 5.69 Å². The highest BCUT2D eigenvalue weighted by molar-refractivity contribution is 6.30. The maximum atomic E-state index is 12.2. The first-order valence-corrected chi connectivity index (χ1v) is 6.58. The predicted octanol–water partition coefficient (Wildman–Crippen LogP) is 2.86. The van der Waals surface area contributed by atoms with Crippen LogP contribution in [0.15, 0.2) is 42.5 Å². The van der Waals surface area contributed by atoms with Gasteiger partial charge in [-0.2, -0.15) is 0 Å². The zero-order valence-electron chi connectivity index (χ0n) is 11.1. The van der Waals surface area contributed by atoms with Gasteiger partial charge in [-0.25, -0.2) is 0 Å². The number of anilines is 1. The van der Waals surface area contributed by atoms with Crippen molar-refractivity contribution in [2.24, 2.45) is 5.84 Å². The number of rotatable bonds is 4. The van der Waals surface area contributed by atoms with Gasteiger partial charge in [0.25, 0.3) is 5.91 Å². The third-order valence-corrected chi connectivity index (χ3v) is 3.15. The molecule has 2 rings (SSSR count). The van der Waals surface area contributed by atoms with Gasteiger partial charge in [-0.15, -0.1) is 0 Å². The van der Waals surface area contributed by atoms with E-state index in [1.54, 1.807) is 18.2 Å². The number of amides is 1. The highest BCUT2D eigenvalue weighted by Gasteiger charge is 2.10. The number of aryl methyl sites for hydroxylation is 1. The number of halogens is 1. The Labute approximate surface area is 122 Å². The van der Waals surface area contributed by atoms with Crippen molar-refractivity contribution < 1.29 is 4.79 Å². The van der Waals surface area contributed by atoms with Gasteiger partial charge in [0, 0.05) is 11.6 Å². The normalized spacial score (nSPS) is 10.2. The van der Waals surface area contributed by atoms with Gasteiger partial charge in [-0.3, -0.25) is 10.6 Å². The summed E-state index contributed by atoms with van der Waals surface area (Å²) < 4.78 is 0. The van der Waals surface area contributed by atoms with Gasteiger partial charge >= 0.3 is 0 Å². The minimum absolute atomic E-state index is 0.179. The predicted molar refractivity (Wildman–Crippen MR) is 81.6 cm³/mol. The van der Waals surface area contributed by atoms with E-state index in [1.165, 1.54) is 0 Å². The van der Waals surface area contributed by atoms with Gasteiger partial charge in [0.05, 0.1) is 11.3 Å². The van der Waals surface area contributed by atoms with Gasteiger partial charge in [0.2, 0.25) is 0 Å². The van der Waals surface area contributed by atoms with Crippen LogP contribution in [0.1, 0.15) is 21.5 Å². The van der Waals surface area contributed by atoms with E-state index in [0.29, 0.717) is 22.8 Å². The third kappa shape index (κ3) is 3.50. The smallest absolute Gasteiger partial charge is 0.253 e. The number of benzene rings is 2. The molecule has 4 nitrogen and oxygen atoms in total. The van der Waals surface area contributed by atoms with E-state index >= 15 is 0 Å². The number of hydrogen-bond acceptors (Lipinski definition) is 3. The van der Waals surface area contributed by atoms with Gasteiger partial charge < -0.3 is 10.7 Å². The highest BCUT2D eigenvalue weighted by atomic mass is 35.5. The largest absolute Gasteiger partial charge is 0.348 e. The fraction of sp³-hybridized carbons (Fsp3) is 0.133. The SMILES string of the molecule is Cc1ccc(NN)c(C(=O)NCc2cccc(Cl)c2)c1. The number of hydrogen-bond donors (Lipinski definition) is 3. The highest BCUT2D eigenvalue weighted by Crippen LogP contribution is 2.16. The molecule has 1 amide bonds. The lowest BCUT2D eigenvalue weighted by molar-refractivity contribution is 0.0951. The number of nitrogens with one attached hydrogen (secondary N) is 2. The molecule has 0 saturated carbocycles. The maximum absolute atomic E-state index is 12.2. The van der Waals surface area contributed by atoms with Gasteiger partial charge in [0.15, 0.2) is 0 Å². The van der Waals surface area contributed by atoms with E-state index in [4.69, 9.17) is 17.4 Å². The summed E-state index contributed by atoms with van der Waals surface area (Å²) in [5, 5.41) is 3.50. The van der Waals surface area contributed by atoms with Crippen LogP contribution < -0.4 is 16.6 Å². The summed E-state index contributed by atoms with van der Waals surface area (Å²) in [7, 11) is 0. The van der Waals surface area contributed by atoms with Crippen molar-refractivity contribution in [3.05, 3.63) is 64.2 Å². The molecule has 0 aliphatic heterocycles. The van der Waals surface area contributed by atoms with Crippen molar-refractivity contribution in [1.29, 1.82) is 0 Å². The van der Waals surface area contributed by atoms with Crippen LogP contribution in [0.5, 0.6) is 0 Å². The van der Waals surface area contributed by atoms with Crippen LogP contribution in [-0.4, -0.2) is 5.91 Å². The van der Waals surface area contributed by atoms with Crippen molar-refractivity contribution >= 4 is 23.2 Å². The van der Waals surface area contributed by atoms with E-state index in [-0.39, 0.29) is 5.91 Å². The number of carbonyl (C=O) groups is 1. The molecule has 0 fully saturated rings. The Morgan fingerprint density at radius 3 is 2.75 bits per heavy atom. The lowest BCUT2D eigenvalue weighted by atomic mass is 10.1. The molecule has 0 unspecified atom stereocenters. The lowest BCUT2D eigenvalue weighted by Gasteiger charge is -2.10. The van der Waals surface area contributed by atoms with Crippen molar-refractivity contribution in [1.82, 2.24) is 5.32 Å². The molecule has 0 atom stereocenters. The molecular formula is C15H16ClN3O. The van der Waals surface area contributed by atoms with Crippen LogP contribution in [0, 0.1) is 6.92 Å². The van der Waals surface area contributed by atoms with Gasteiger partial charge in [-0.1, -0.05) is 35.4 Å². The number of nitrogens with two attached hydrogens (primary N) is 1. The molecule has 0 saturated heterocycles. The molecule has 0 aliphatic carbocycles. The van der Waals surface area contributed by atoms with E-state index in [9.17, 15) is 4.79 Å². The Morgan fingerprint density at radius 1 is 1.25 bits per heavy atom. The molecule has 2 aromatic rings. The van der Waals surface area contributed by atoms with Crippen LogP contribution >= 0.6 is 11.6 Å². The molecule has 0 heterocycles. The first kappa shape index (κ1) is 14.4. The molecule has 0 aliphatic rings. The van der Waals surface area contributed by atoms with Crippen molar-refractivity contribution in [3.8, 4) is 0 Å². The van der Waals surface area contributed by atoms with E-state index < -0.39 is 0 Å². The Bertz CT molecular complexity index is 628. The third-order valence-electron chi connectivity index (χ3n) is 2.92. The molecular weight excluding hydrogens is 274 g/mol. The number of nitrogen functional groups attached to an aromatic ring is 1. The molecule has 5 heteroatoms. The molecule has 0 spiro atoms.